The molecule has 2 heterocycles. The van der Waals surface area contributed by atoms with Crippen LogP contribution >= 0.6 is 0 Å². The Labute approximate surface area is 110 Å². The molecule has 1 N–H and O–H groups in total. The molecule has 2 aliphatic rings. The van der Waals surface area contributed by atoms with Crippen LogP contribution in [-0.2, 0) is 4.79 Å². The van der Waals surface area contributed by atoms with E-state index in [1.165, 1.54) is 32.4 Å². The summed E-state index contributed by atoms with van der Waals surface area (Å²) in [6, 6.07) is 0.281. The summed E-state index contributed by atoms with van der Waals surface area (Å²) >= 11 is 0. The van der Waals surface area contributed by atoms with Gasteiger partial charge in [0, 0.05) is 6.04 Å². The largest absolute Gasteiger partial charge is 0.480 e. The van der Waals surface area contributed by atoms with Crippen LogP contribution in [0.15, 0.2) is 0 Å². The lowest BCUT2D eigenvalue weighted by Gasteiger charge is -2.30. The molecule has 2 atom stereocenters. The van der Waals surface area contributed by atoms with Gasteiger partial charge in [-0.25, -0.2) is 0 Å². The lowest BCUT2D eigenvalue weighted by molar-refractivity contribution is -0.143. The van der Waals surface area contributed by atoms with Crippen molar-refractivity contribution in [3.05, 3.63) is 0 Å². The van der Waals surface area contributed by atoms with Crippen molar-refractivity contribution in [2.75, 3.05) is 26.2 Å². The number of hydrogen-bond donors (Lipinski definition) is 1. The van der Waals surface area contributed by atoms with Crippen molar-refractivity contribution in [2.24, 2.45) is 0 Å². The van der Waals surface area contributed by atoms with Crippen LogP contribution in [0, 0.1) is 0 Å². The van der Waals surface area contributed by atoms with Gasteiger partial charge in [0.05, 0.1) is 0 Å². The Morgan fingerprint density at radius 2 is 1.94 bits per heavy atom. The van der Waals surface area contributed by atoms with E-state index in [0.717, 1.165) is 32.4 Å². The number of carboxylic acids is 1. The van der Waals surface area contributed by atoms with E-state index in [-0.39, 0.29) is 6.04 Å². The van der Waals surface area contributed by atoms with E-state index in [1.807, 2.05) is 0 Å². The van der Waals surface area contributed by atoms with Crippen molar-refractivity contribution in [2.45, 2.75) is 57.5 Å². The van der Waals surface area contributed by atoms with Gasteiger partial charge in [0.2, 0.25) is 0 Å². The van der Waals surface area contributed by atoms with Crippen LogP contribution in [0.2, 0.25) is 0 Å². The molecule has 0 amide bonds. The maximum absolute atomic E-state index is 11.3. The summed E-state index contributed by atoms with van der Waals surface area (Å²) in [4.78, 5) is 16.1. The van der Waals surface area contributed by atoms with Gasteiger partial charge in [-0.3, -0.25) is 9.69 Å². The van der Waals surface area contributed by atoms with Crippen LogP contribution < -0.4 is 0 Å². The summed E-state index contributed by atoms with van der Waals surface area (Å²) in [7, 11) is 0. The lowest BCUT2D eigenvalue weighted by atomic mass is 10.1. The first-order valence-electron chi connectivity index (χ1n) is 7.43. The third kappa shape index (κ3) is 3.23. The zero-order chi connectivity index (χ0) is 13.0. The van der Waals surface area contributed by atoms with E-state index >= 15 is 0 Å². The first-order valence-corrected chi connectivity index (χ1v) is 7.43. The standard InChI is InChI=1S/C14H26N2O2/c1-2-8-15-9-3-5-12(7-11-15)16-10-4-6-13(16)14(17)18/h12-13H,2-11H2,1H3,(H,17,18). The molecular weight excluding hydrogens is 228 g/mol. The van der Waals surface area contributed by atoms with Crippen LogP contribution in [0.4, 0.5) is 0 Å². The minimum atomic E-state index is -0.623. The summed E-state index contributed by atoms with van der Waals surface area (Å²) in [6.07, 6.45) is 6.63. The molecule has 2 unspecified atom stereocenters. The van der Waals surface area contributed by atoms with Crippen molar-refractivity contribution < 1.29 is 9.90 Å². The molecule has 0 saturated carbocycles. The van der Waals surface area contributed by atoms with E-state index in [9.17, 15) is 9.90 Å². The molecule has 2 fully saturated rings. The van der Waals surface area contributed by atoms with Crippen LogP contribution in [0.5, 0.6) is 0 Å². The second kappa shape index (κ2) is 6.53. The predicted octanol–water partition coefficient (Wildman–Crippen LogP) is 1.80. The van der Waals surface area contributed by atoms with Gasteiger partial charge in [-0.2, -0.15) is 0 Å². The molecule has 0 aliphatic carbocycles. The molecule has 0 aromatic rings. The maximum Gasteiger partial charge on any atom is 0.320 e. The number of carbonyl (C=O) groups is 1. The summed E-state index contributed by atoms with van der Waals surface area (Å²) in [5, 5.41) is 9.27. The van der Waals surface area contributed by atoms with Crippen LogP contribution in [0.25, 0.3) is 0 Å². The Bertz CT molecular complexity index is 283. The monoisotopic (exact) mass is 254 g/mol. The maximum atomic E-state index is 11.3. The molecular formula is C14H26N2O2. The molecule has 0 radical (unpaired) electrons. The molecule has 4 nitrogen and oxygen atoms in total. The molecule has 18 heavy (non-hydrogen) atoms. The third-order valence-electron chi connectivity index (χ3n) is 4.38. The molecule has 2 saturated heterocycles. The Morgan fingerprint density at radius 1 is 1.17 bits per heavy atom. The molecule has 0 spiro atoms. The van der Waals surface area contributed by atoms with E-state index in [1.54, 1.807) is 0 Å². The van der Waals surface area contributed by atoms with E-state index in [0.29, 0.717) is 6.04 Å². The highest BCUT2D eigenvalue weighted by molar-refractivity contribution is 5.73. The lowest BCUT2D eigenvalue weighted by Crippen LogP contribution is -2.43. The number of likely N-dealkylation sites (tertiary alicyclic amines) is 2. The Hall–Kier alpha value is -0.610. The van der Waals surface area contributed by atoms with Gasteiger partial charge < -0.3 is 10.0 Å². The smallest absolute Gasteiger partial charge is 0.320 e. The molecule has 4 heteroatoms. The first-order chi connectivity index (χ1) is 8.72. The Balaban J connectivity index is 1.91. The minimum Gasteiger partial charge on any atom is -0.480 e. The SMILES string of the molecule is CCCN1CCCC(N2CCCC2C(=O)O)CC1. The predicted molar refractivity (Wildman–Crippen MR) is 71.7 cm³/mol. The topological polar surface area (TPSA) is 43.8 Å². The number of hydrogen-bond acceptors (Lipinski definition) is 3. The summed E-state index contributed by atoms with van der Waals surface area (Å²) in [5.41, 5.74) is 0. The van der Waals surface area contributed by atoms with E-state index in [4.69, 9.17) is 0 Å². The molecule has 2 rings (SSSR count). The van der Waals surface area contributed by atoms with Crippen LogP contribution in [0.1, 0.15) is 45.4 Å². The van der Waals surface area contributed by atoms with Crippen LogP contribution in [-0.4, -0.2) is 59.1 Å². The van der Waals surface area contributed by atoms with Crippen LogP contribution in [0.3, 0.4) is 0 Å². The second-order valence-electron chi connectivity index (χ2n) is 5.66. The molecule has 0 bridgehead atoms. The van der Waals surface area contributed by atoms with Crippen molar-refractivity contribution >= 4 is 5.97 Å². The van der Waals surface area contributed by atoms with E-state index < -0.39 is 5.97 Å². The second-order valence-corrected chi connectivity index (χ2v) is 5.66. The molecule has 0 aromatic heterocycles. The van der Waals surface area contributed by atoms with Gasteiger partial charge in [0.25, 0.3) is 0 Å². The summed E-state index contributed by atoms with van der Waals surface area (Å²) in [6.45, 7) is 6.73. The fourth-order valence-corrected chi connectivity index (χ4v) is 3.50. The highest BCUT2D eigenvalue weighted by Crippen LogP contribution is 2.26. The highest BCUT2D eigenvalue weighted by atomic mass is 16.4. The zero-order valence-corrected chi connectivity index (χ0v) is 11.5. The highest BCUT2D eigenvalue weighted by Gasteiger charge is 2.35. The number of nitrogens with zero attached hydrogens (tertiary/aromatic N) is 2. The number of carboxylic acid groups (broad SMARTS) is 1. The fourth-order valence-electron chi connectivity index (χ4n) is 3.50. The normalized spacial score (nSPS) is 31.4. The Morgan fingerprint density at radius 3 is 2.67 bits per heavy atom. The fraction of sp³-hybridized carbons (Fsp3) is 0.929. The summed E-state index contributed by atoms with van der Waals surface area (Å²) in [5.74, 6) is -0.623. The van der Waals surface area contributed by atoms with Crippen molar-refractivity contribution in [1.29, 1.82) is 0 Å². The minimum absolute atomic E-state index is 0.215. The molecule has 2 aliphatic heterocycles. The van der Waals surface area contributed by atoms with E-state index in [2.05, 4.69) is 16.7 Å². The number of aliphatic carboxylic acids is 1. The van der Waals surface area contributed by atoms with Crippen molar-refractivity contribution in [3.8, 4) is 0 Å². The quantitative estimate of drug-likeness (QED) is 0.831. The summed E-state index contributed by atoms with van der Waals surface area (Å²) < 4.78 is 0. The zero-order valence-electron chi connectivity index (χ0n) is 11.5. The van der Waals surface area contributed by atoms with Gasteiger partial charge in [-0.1, -0.05) is 6.92 Å². The first kappa shape index (κ1) is 13.8. The van der Waals surface area contributed by atoms with Gasteiger partial charge >= 0.3 is 5.97 Å². The van der Waals surface area contributed by atoms with Gasteiger partial charge in [0.1, 0.15) is 6.04 Å². The molecule has 104 valence electrons. The van der Waals surface area contributed by atoms with Crippen molar-refractivity contribution in [1.82, 2.24) is 9.80 Å². The number of rotatable bonds is 4. The average molecular weight is 254 g/mol. The Kier molecular flexibility index (Phi) is 5.01. The molecule has 0 aromatic carbocycles. The van der Waals surface area contributed by atoms with Crippen molar-refractivity contribution in [3.63, 3.8) is 0 Å². The average Bonchev–Trinajstić information content (AvgIpc) is 2.72. The van der Waals surface area contributed by atoms with Gasteiger partial charge in [-0.15, -0.1) is 0 Å². The van der Waals surface area contributed by atoms with Gasteiger partial charge in [0.15, 0.2) is 0 Å². The third-order valence-corrected chi connectivity index (χ3v) is 4.38. The van der Waals surface area contributed by atoms with Gasteiger partial charge in [-0.05, 0) is 64.7 Å².